The number of benzene rings is 1. The molecule has 0 bridgehead atoms. The van der Waals surface area contributed by atoms with Crippen molar-refractivity contribution in [2.45, 2.75) is 32.2 Å². The summed E-state index contributed by atoms with van der Waals surface area (Å²) in [7, 11) is 0. The monoisotopic (exact) mass is 338 g/mol. The van der Waals surface area contributed by atoms with Crippen molar-refractivity contribution in [1.29, 1.82) is 0 Å². The lowest BCUT2D eigenvalue weighted by Crippen LogP contribution is -2.34. The number of H-pyrrole nitrogens is 2. The molecule has 3 heterocycles. The number of aromatic carboxylic acids is 1. The summed E-state index contributed by atoms with van der Waals surface area (Å²) in [6, 6.07) is 8.07. The van der Waals surface area contributed by atoms with Crippen molar-refractivity contribution >= 4 is 16.9 Å². The summed E-state index contributed by atoms with van der Waals surface area (Å²) in [5.41, 5.74) is 4.39. The van der Waals surface area contributed by atoms with Gasteiger partial charge >= 0.3 is 5.97 Å². The summed E-state index contributed by atoms with van der Waals surface area (Å²) in [6.07, 6.45) is 4.03. The molecule has 0 spiro atoms. The van der Waals surface area contributed by atoms with E-state index in [1.165, 1.54) is 0 Å². The third-order valence-electron chi connectivity index (χ3n) is 5.12. The highest BCUT2D eigenvalue weighted by Crippen LogP contribution is 2.30. The highest BCUT2D eigenvalue weighted by Gasteiger charge is 2.25. The molecule has 3 N–H and O–H groups in total. The van der Waals surface area contributed by atoms with Crippen molar-refractivity contribution < 1.29 is 9.90 Å². The number of nitrogens with zero attached hydrogens (tertiary/aromatic N) is 2. The van der Waals surface area contributed by atoms with Gasteiger partial charge in [0.15, 0.2) is 0 Å². The highest BCUT2D eigenvalue weighted by atomic mass is 16.4. The zero-order chi connectivity index (χ0) is 17.4. The van der Waals surface area contributed by atoms with Crippen molar-refractivity contribution in [3.63, 3.8) is 0 Å². The Labute approximate surface area is 145 Å². The molecular weight excluding hydrogens is 316 g/mol. The Morgan fingerprint density at radius 1 is 1.40 bits per heavy atom. The predicted octanol–water partition coefficient (Wildman–Crippen LogP) is 3.28. The molecule has 1 saturated heterocycles. The van der Waals surface area contributed by atoms with E-state index < -0.39 is 5.97 Å². The Morgan fingerprint density at radius 3 is 3.04 bits per heavy atom. The van der Waals surface area contributed by atoms with Crippen LogP contribution in [0.2, 0.25) is 0 Å². The Kier molecular flexibility index (Phi) is 4.05. The van der Waals surface area contributed by atoms with Crippen LogP contribution in [0, 0.1) is 6.92 Å². The molecular formula is C19H22N4O2. The third-order valence-corrected chi connectivity index (χ3v) is 5.12. The van der Waals surface area contributed by atoms with Gasteiger partial charge in [-0.15, -0.1) is 0 Å². The average Bonchev–Trinajstić information content (AvgIpc) is 3.24. The number of aromatic amines is 2. The number of aromatic nitrogens is 3. The fraction of sp³-hybridized carbons (Fsp3) is 0.368. The van der Waals surface area contributed by atoms with E-state index in [9.17, 15) is 9.90 Å². The van der Waals surface area contributed by atoms with E-state index in [1.54, 1.807) is 6.20 Å². The first kappa shape index (κ1) is 15.9. The van der Waals surface area contributed by atoms with Crippen molar-refractivity contribution in [2.75, 3.05) is 13.1 Å². The number of piperidine rings is 1. The maximum absolute atomic E-state index is 11.7. The minimum atomic E-state index is -0.897. The number of carboxylic acid groups (broad SMARTS) is 1. The van der Waals surface area contributed by atoms with Gasteiger partial charge in [0.2, 0.25) is 0 Å². The van der Waals surface area contributed by atoms with Crippen LogP contribution in [0.1, 0.15) is 46.1 Å². The van der Waals surface area contributed by atoms with Crippen LogP contribution in [0.5, 0.6) is 0 Å². The molecule has 1 unspecified atom stereocenters. The molecule has 2 aromatic heterocycles. The van der Waals surface area contributed by atoms with Crippen molar-refractivity contribution in [3.8, 4) is 0 Å². The number of carboxylic acids is 1. The second-order valence-corrected chi connectivity index (χ2v) is 6.92. The fourth-order valence-electron chi connectivity index (χ4n) is 3.88. The number of carbonyl (C=O) groups is 1. The predicted molar refractivity (Wildman–Crippen MR) is 95.8 cm³/mol. The maximum atomic E-state index is 11.7. The Morgan fingerprint density at radius 2 is 2.28 bits per heavy atom. The number of aryl methyl sites for hydroxylation is 1. The van der Waals surface area contributed by atoms with Gasteiger partial charge in [-0.3, -0.25) is 10.00 Å². The lowest BCUT2D eigenvalue weighted by molar-refractivity contribution is 0.0688. The van der Waals surface area contributed by atoms with Gasteiger partial charge in [0.25, 0.3) is 0 Å². The lowest BCUT2D eigenvalue weighted by atomic mass is 9.94. The Bertz CT molecular complexity index is 898. The van der Waals surface area contributed by atoms with Crippen molar-refractivity contribution in [3.05, 3.63) is 53.0 Å². The van der Waals surface area contributed by atoms with Gasteiger partial charge in [0, 0.05) is 47.4 Å². The molecule has 1 fully saturated rings. The SMILES string of the molecule is Cc1ccc2[nH]c(C(=O)O)c(CN3CCCC(c4ccn[nH]4)C3)c2c1. The van der Waals surface area contributed by atoms with Crippen LogP contribution in [0.25, 0.3) is 10.9 Å². The van der Waals surface area contributed by atoms with E-state index in [1.807, 2.05) is 25.1 Å². The zero-order valence-electron chi connectivity index (χ0n) is 14.2. The quantitative estimate of drug-likeness (QED) is 0.681. The number of hydrogen-bond acceptors (Lipinski definition) is 3. The summed E-state index contributed by atoms with van der Waals surface area (Å²) in [6.45, 7) is 4.59. The summed E-state index contributed by atoms with van der Waals surface area (Å²) in [5, 5.41) is 17.8. The normalized spacial score (nSPS) is 18.7. The Hall–Kier alpha value is -2.60. The van der Waals surface area contributed by atoms with Crippen LogP contribution < -0.4 is 0 Å². The summed E-state index contributed by atoms with van der Waals surface area (Å²) < 4.78 is 0. The van der Waals surface area contributed by atoms with Crippen LogP contribution in [0.3, 0.4) is 0 Å². The maximum Gasteiger partial charge on any atom is 0.352 e. The van der Waals surface area contributed by atoms with E-state index >= 15 is 0 Å². The summed E-state index contributed by atoms with van der Waals surface area (Å²) in [4.78, 5) is 17.1. The molecule has 0 saturated carbocycles. The minimum absolute atomic E-state index is 0.310. The van der Waals surface area contributed by atoms with Crippen LogP contribution in [0.4, 0.5) is 0 Å². The third kappa shape index (κ3) is 3.05. The molecule has 25 heavy (non-hydrogen) atoms. The molecule has 1 aliphatic heterocycles. The topological polar surface area (TPSA) is 85.0 Å². The second kappa shape index (κ2) is 6.37. The largest absolute Gasteiger partial charge is 0.477 e. The average molecular weight is 338 g/mol. The summed E-state index contributed by atoms with van der Waals surface area (Å²) in [5.74, 6) is -0.470. The van der Waals surface area contributed by atoms with Gasteiger partial charge in [0.05, 0.1) is 0 Å². The van der Waals surface area contributed by atoms with Crippen molar-refractivity contribution in [2.24, 2.45) is 0 Å². The second-order valence-electron chi connectivity index (χ2n) is 6.92. The van der Waals surface area contributed by atoms with E-state index in [-0.39, 0.29) is 0 Å². The molecule has 0 aliphatic carbocycles. The van der Waals surface area contributed by atoms with Gasteiger partial charge in [-0.2, -0.15) is 5.10 Å². The van der Waals surface area contributed by atoms with Gasteiger partial charge in [-0.1, -0.05) is 11.6 Å². The molecule has 3 aromatic rings. The molecule has 1 aliphatic rings. The fourth-order valence-corrected chi connectivity index (χ4v) is 3.88. The highest BCUT2D eigenvalue weighted by molar-refractivity contribution is 5.97. The molecule has 6 nitrogen and oxygen atoms in total. The number of fused-ring (bicyclic) bond motifs is 1. The molecule has 6 heteroatoms. The zero-order valence-corrected chi connectivity index (χ0v) is 14.2. The lowest BCUT2D eigenvalue weighted by Gasteiger charge is -2.32. The van der Waals surface area contributed by atoms with Crippen LogP contribution in [-0.4, -0.2) is 44.2 Å². The molecule has 0 amide bonds. The van der Waals surface area contributed by atoms with E-state index in [0.717, 1.165) is 53.7 Å². The molecule has 4 rings (SSSR count). The number of rotatable bonds is 4. The van der Waals surface area contributed by atoms with Crippen LogP contribution in [-0.2, 0) is 6.54 Å². The van der Waals surface area contributed by atoms with Gasteiger partial charge in [-0.05, 0) is 44.5 Å². The molecule has 0 radical (unpaired) electrons. The number of nitrogens with one attached hydrogen (secondary N) is 2. The molecule has 1 aromatic carbocycles. The van der Waals surface area contributed by atoms with Crippen LogP contribution >= 0.6 is 0 Å². The van der Waals surface area contributed by atoms with E-state index in [4.69, 9.17) is 0 Å². The van der Waals surface area contributed by atoms with Crippen molar-refractivity contribution in [1.82, 2.24) is 20.1 Å². The first-order valence-corrected chi connectivity index (χ1v) is 8.68. The smallest absolute Gasteiger partial charge is 0.352 e. The Balaban J connectivity index is 1.64. The van der Waals surface area contributed by atoms with Gasteiger partial charge in [0.1, 0.15) is 5.69 Å². The van der Waals surface area contributed by atoms with Gasteiger partial charge < -0.3 is 10.1 Å². The molecule has 130 valence electrons. The van der Waals surface area contributed by atoms with E-state index in [0.29, 0.717) is 18.2 Å². The molecule has 1 atom stereocenters. The minimum Gasteiger partial charge on any atom is -0.477 e. The number of hydrogen-bond donors (Lipinski definition) is 3. The first-order chi connectivity index (χ1) is 12.1. The van der Waals surface area contributed by atoms with Crippen LogP contribution in [0.15, 0.2) is 30.5 Å². The summed E-state index contributed by atoms with van der Waals surface area (Å²) >= 11 is 0. The number of likely N-dealkylation sites (tertiary alicyclic amines) is 1. The van der Waals surface area contributed by atoms with Gasteiger partial charge in [-0.25, -0.2) is 4.79 Å². The van der Waals surface area contributed by atoms with E-state index in [2.05, 4.69) is 26.1 Å². The standard InChI is InChI=1S/C19H22N4O2/c1-12-4-5-17-14(9-12)15(18(21-17)19(24)25)11-23-8-2-3-13(10-23)16-6-7-20-22-16/h4-7,9,13,21H,2-3,8,10-11H2,1H3,(H,20,22)(H,24,25). The first-order valence-electron chi connectivity index (χ1n) is 8.68.